The number of amides is 1. The molecule has 0 bridgehead atoms. The predicted octanol–water partition coefficient (Wildman–Crippen LogP) is 2.33. The number of carbonyl (C=O) groups excluding carboxylic acids is 1. The van der Waals surface area contributed by atoms with Gasteiger partial charge in [0.25, 0.3) is 5.91 Å². The molecule has 2 heterocycles. The maximum absolute atomic E-state index is 12.3. The fourth-order valence-electron chi connectivity index (χ4n) is 2.17. The van der Waals surface area contributed by atoms with Crippen LogP contribution in [0.15, 0.2) is 47.3 Å². The molecule has 24 heavy (non-hydrogen) atoms. The van der Waals surface area contributed by atoms with Crippen LogP contribution in [0.3, 0.4) is 0 Å². The zero-order valence-corrected chi connectivity index (χ0v) is 13.7. The zero-order chi connectivity index (χ0) is 16.9. The second-order valence-corrected chi connectivity index (χ2v) is 5.83. The van der Waals surface area contributed by atoms with Crippen molar-refractivity contribution in [1.29, 1.82) is 0 Å². The van der Waals surface area contributed by atoms with Crippen molar-refractivity contribution in [2.24, 2.45) is 0 Å². The molecule has 1 aromatic carbocycles. The number of hydrogen-bond acceptors (Lipinski definition) is 6. The van der Waals surface area contributed by atoms with E-state index in [1.165, 1.54) is 29.3 Å². The van der Waals surface area contributed by atoms with Crippen LogP contribution in [0.4, 0.5) is 5.69 Å². The van der Waals surface area contributed by atoms with Crippen LogP contribution >= 0.6 is 11.3 Å². The maximum Gasteiger partial charge on any atom is 0.277 e. The van der Waals surface area contributed by atoms with E-state index in [1.807, 2.05) is 22.9 Å². The number of thiophene rings is 1. The van der Waals surface area contributed by atoms with E-state index in [-0.39, 0.29) is 12.2 Å². The smallest absolute Gasteiger partial charge is 0.277 e. The average Bonchev–Trinajstić information content (AvgIpc) is 3.27. The van der Waals surface area contributed by atoms with E-state index in [0.29, 0.717) is 11.4 Å². The molecular weight excluding hydrogens is 328 g/mol. The third-order valence-electron chi connectivity index (χ3n) is 3.41. The summed E-state index contributed by atoms with van der Waals surface area (Å²) in [4.78, 5) is 12.3. The number of nitrogens with one attached hydrogen (secondary N) is 1. The number of nitrogens with zero attached hydrogens (tertiary/aromatic N) is 3. The molecule has 0 radical (unpaired) electrons. The summed E-state index contributed by atoms with van der Waals surface area (Å²) >= 11 is 1.51. The van der Waals surface area contributed by atoms with Crippen molar-refractivity contribution >= 4 is 22.9 Å². The molecule has 8 heteroatoms. The number of anilines is 1. The molecular formula is C16H16N4O3S. The van der Waals surface area contributed by atoms with Crippen molar-refractivity contribution in [3.63, 3.8) is 0 Å². The topological polar surface area (TPSA) is 89.3 Å². The Bertz CT molecular complexity index is 816. The number of aliphatic hydroxyl groups is 1. The van der Waals surface area contributed by atoms with Gasteiger partial charge in [0.1, 0.15) is 5.75 Å². The van der Waals surface area contributed by atoms with Gasteiger partial charge in [0.2, 0.25) is 0 Å². The van der Waals surface area contributed by atoms with Crippen molar-refractivity contribution in [2.45, 2.75) is 12.6 Å². The van der Waals surface area contributed by atoms with Crippen LogP contribution in [0.1, 0.15) is 22.2 Å². The van der Waals surface area contributed by atoms with Gasteiger partial charge in [-0.25, -0.2) is 4.68 Å². The predicted molar refractivity (Wildman–Crippen MR) is 90.2 cm³/mol. The van der Waals surface area contributed by atoms with Gasteiger partial charge in [0.15, 0.2) is 5.69 Å². The summed E-state index contributed by atoms with van der Waals surface area (Å²) < 4.78 is 6.64. The number of benzene rings is 1. The Balaban J connectivity index is 1.67. The molecule has 0 spiro atoms. The van der Waals surface area contributed by atoms with Crippen molar-refractivity contribution in [1.82, 2.24) is 15.0 Å². The molecule has 124 valence electrons. The normalized spacial score (nSPS) is 11.9. The second-order valence-electron chi connectivity index (χ2n) is 5.05. The van der Waals surface area contributed by atoms with Gasteiger partial charge in [-0.3, -0.25) is 4.79 Å². The average molecular weight is 344 g/mol. The third kappa shape index (κ3) is 3.61. The standard InChI is InChI=1S/C16H16N4O3S/c1-23-15-5-3-2-4-12(15)17-16(22)13-8-20(19-18-13)9-14(21)11-6-7-24-10-11/h2-8,10,14,21H,9H2,1H3,(H,17,22). The van der Waals surface area contributed by atoms with Crippen molar-refractivity contribution in [3.05, 3.63) is 58.5 Å². The van der Waals surface area contributed by atoms with Gasteiger partial charge >= 0.3 is 0 Å². The monoisotopic (exact) mass is 344 g/mol. The highest BCUT2D eigenvalue weighted by Crippen LogP contribution is 2.23. The fraction of sp³-hybridized carbons (Fsp3) is 0.188. The largest absolute Gasteiger partial charge is 0.495 e. The number of ether oxygens (including phenoxy) is 1. The lowest BCUT2D eigenvalue weighted by Crippen LogP contribution is -2.13. The number of aromatic nitrogens is 3. The molecule has 0 aliphatic heterocycles. The minimum absolute atomic E-state index is 0.165. The van der Waals surface area contributed by atoms with E-state index in [1.54, 1.807) is 18.2 Å². The minimum atomic E-state index is -0.692. The van der Waals surface area contributed by atoms with Crippen LogP contribution in [0.25, 0.3) is 0 Å². The second kappa shape index (κ2) is 7.24. The Morgan fingerprint density at radius 2 is 2.25 bits per heavy atom. The Morgan fingerprint density at radius 3 is 3.00 bits per heavy atom. The fourth-order valence-corrected chi connectivity index (χ4v) is 2.88. The van der Waals surface area contributed by atoms with Gasteiger partial charge in [-0.15, -0.1) is 5.10 Å². The summed E-state index contributed by atoms with van der Waals surface area (Å²) in [6.07, 6.45) is 0.809. The summed E-state index contributed by atoms with van der Waals surface area (Å²) in [6.45, 7) is 0.228. The van der Waals surface area contributed by atoms with Crippen molar-refractivity contribution < 1.29 is 14.6 Å². The maximum atomic E-state index is 12.3. The number of rotatable bonds is 6. The molecule has 1 unspecified atom stereocenters. The highest BCUT2D eigenvalue weighted by atomic mass is 32.1. The summed E-state index contributed by atoms with van der Waals surface area (Å²) in [6, 6.07) is 8.95. The van der Waals surface area contributed by atoms with Crippen LogP contribution in [-0.4, -0.2) is 33.1 Å². The molecule has 0 aliphatic rings. The number of hydrogen-bond donors (Lipinski definition) is 2. The first kappa shape index (κ1) is 16.2. The molecule has 3 rings (SSSR count). The highest BCUT2D eigenvalue weighted by molar-refractivity contribution is 7.07. The third-order valence-corrected chi connectivity index (χ3v) is 4.12. The number of aliphatic hydroxyl groups excluding tert-OH is 1. The molecule has 7 nitrogen and oxygen atoms in total. The van der Waals surface area contributed by atoms with Gasteiger partial charge < -0.3 is 15.2 Å². The molecule has 3 aromatic rings. The van der Waals surface area contributed by atoms with E-state index in [2.05, 4.69) is 15.6 Å². The van der Waals surface area contributed by atoms with E-state index in [0.717, 1.165) is 5.56 Å². The first-order valence-electron chi connectivity index (χ1n) is 7.22. The van der Waals surface area contributed by atoms with Gasteiger partial charge in [-0.1, -0.05) is 17.3 Å². The summed E-state index contributed by atoms with van der Waals surface area (Å²) in [5.74, 6) is 0.168. The van der Waals surface area contributed by atoms with Crippen LogP contribution in [0.5, 0.6) is 5.75 Å². The molecule has 2 N–H and O–H groups in total. The van der Waals surface area contributed by atoms with Crippen LogP contribution < -0.4 is 10.1 Å². The number of methoxy groups -OCH3 is 1. The van der Waals surface area contributed by atoms with E-state index < -0.39 is 12.0 Å². The van der Waals surface area contributed by atoms with E-state index in [9.17, 15) is 9.90 Å². The lowest BCUT2D eigenvalue weighted by Gasteiger charge is -2.08. The molecule has 0 aliphatic carbocycles. The summed E-state index contributed by atoms with van der Waals surface area (Å²) in [5, 5.41) is 24.4. The Morgan fingerprint density at radius 1 is 1.42 bits per heavy atom. The first-order valence-corrected chi connectivity index (χ1v) is 8.16. The van der Waals surface area contributed by atoms with Gasteiger partial charge in [0.05, 0.1) is 31.6 Å². The molecule has 2 aromatic heterocycles. The summed E-state index contributed by atoms with van der Waals surface area (Å²) in [7, 11) is 1.53. The van der Waals surface area contributed by atoms with E-state index in [4.69, 9.17) is 4.74 Å². The quantitative estimate of drug-likeness (QED) is 0.716. The lowest BCUT2D eigenvalue weighted by molar-refractivity contribution is 0.102. The summed E-state index contributed by atoms with van der Waals surface area (Å²) in [5.41, 5.74) is 1.53. The van der Waals surface area contributed by atoms with Gasteiger partial charge in [0, 0.05) is 0 Å². The number of carbonyl (C=O) groups is 1. The minimum Gasteiger partial charge on any atom is -0.495 e. The van der Waals surface area contributed by atoms with Crippen molar-refractivity contribution in [3.8, 4) is 5.75 Å². The van der Waals surface area contributed by atoms with Gasteiger partial charge in [-0.2, -0.15) is 11.3 Å². The highest BCUT2D eigenvalue weighted by Gasteiger charge is 2.15. The van der Waals surface area contributed by atoms with Gasteiger partial charge in [-0.05, 0) is 34.5 Å². The van der Waals surface area contributed by atoms with Crippen LogP contribution in [-0.2, 0) is 6.54 Å². The number of para-hydroxylation sites is 2. The molecule has 1 atom stereocenters. The Labute approximate surface area is 142 Å². The van der Waals surface area contributed by atoms with Crippen LogP contribution in [0.2, 0.25) is 0 Å². The molecule has 0 fully saturated rings. The SMILES string of the molecule is COc1ccccc1NC(=O)c1cn(CC(O)c2ccsc2)nn1. The lowest BCUT2D eigenvalue weighted by atomic mass is 10.2. The van der Waals surface area contributed by atoms with Crippen molar-refractivity contribution in [2.75, 3.05) is 12.4 Å². The molecule has 0 saturated carbocycles. The Hall–Kier alpha value is -2.71. The zero-order valence-electron chi connectivity index (χ0n) is 12.9. The molecule has 0 saturated heterocycles. The molecule has 1 amide bonds. The van der Waals surface area contributed by atoms with E-state index >= 15 is 0 Å². The van der Waals surface area contributed by atoms with Crippen LogP contribution in [0, 0.1) is 0 Å². The Kier molecular flexibility index (Phi) is 4.88. The first-order chi connectivity index (χ1) is 11.7.